The van der Waals surface area contributed by atoms with Crippen LogP contribution < -0.4 is 10.2 Å². The Morgan fingerprint density at radius 3 is 2.72 bits per heavy atom. The van der Waals surface area contributed by atoms with E-state index in [9.17, 15) is 22.8 Å². The summed E-state index contributed by atoms with van der Waals surface area (Å²) < 4.78 is 53.6. The first-order chi connectivity index (χ1) is 20.6. The normalized spacial score (nSPS) is 12.3. The lowest BCUT2D eigenvalue weighted by Gasteiger charge is -2.23. The largest absolute Gasteiger partial charge is 0.460 e. The second kappa shape index (κ2) is 11.8. The third-order valence-corrected chi connectivity index (χ3v) is 6.11. The number of hydrogen-bond acceptors (Lipinski definition) is 11. The summed E-state index contributed by atoms with van der Waals surface area (Å²) in [6.07, 6.45) is 0.856. The first kappa shape index (κ1) is 29.1. The van der Waals surface area contributed by atoms with Gasteiger partial charge < -0.3 is 14.8 Å². The number of nitrogens with one attached hydrogen (secondary N) is 2. The SMILES string of the molecule is CNCC(=O)OCc1cccnc1N(C)C(=O)OC(C)n1cncc1-c1c(-c2nc(C(F)(F)F)n[nH]2)nc2ncccn12. The molecule has 15 nitrogen and oxygen atoms in total. The second-order valence-corrected chi connectivity index (χ2v) is 9.01. The fourth-order valence-corrected chi connectivity index (χ4v) is 4.14. The van der Waals surface area contributed by atoms with E-state index in [-0.39, 0.29) is 42.0 Å². The van der Waals surface area contributed by atoms with E-state index < -0.39 is 30.3 Å². The third-order valence-electron chi connectivity index (χ3n) is 6.11. The molecule has 0 aromatic carbocycles. The molecular weight excluding hydrogens is 575 g/mol. The van der Waals surface area contributed by atoms with Gasteiger partial charge in [-0.15, -0.1) is 5.10 Å². The van der Waals surface area contributed by atoms with Crippen LogP contribution in [0, 0.1) is 0 Å². The van der Waals surface area contributed by atoms with Crippen molar-refractivity contribution in [2.24, 2.45) is 0 Å². The van der Waals surface area contributed by atoms with Gasteiger partial charge in [-0.3, -0.25) is 23.8 Å². The highest BCUT2D eigenvalue weighted by molar-refractivity contribution is 5.86. The first-order valence-corrected chi connectivity index (χ1v) is 12.6. The van der Waals surface area contributed by atoms with Gasteiger partial charge in [0, 0.05) is 31.2 Å². The standard InChI is InChI=1S/C25H24F3N11O4/c1-14(43-24(41)37(3)21-15(6-4-7-31-21)12-42-17(40)11-29-2)39-13-30-10-16(39)19-18(33-23-32-8-5-9-38(19)23)20-34-22(36-35-20)25(26,27)28/h4-10,13-14,29H,11-12H2,1-3H3,(H,34,35,36). The molecule has 0 aliphatic carbocycles. The van der Waals surface area contributed by atoms with Crippen molar-refractivity contribution >= 4 is 23.7 Å². The van der Waals surface area contributed by atoms with Crippen LogP contribution in [0.3, 0.4) is 0 Å². The third kappa shape index (κ3) is 5.98. The summed E-state index contributed by atoms with van der Waals surface area (Å²) in [4.78, 5) is 46.7. The van der Waals surface area contributed by atoms with Crippen LogP contribution in [0.25, 0.3) is 28.7 Å². The van der Waals surface area contributed by atoms with Crippen molar-refractivity contribution in [3.63, 3.8) is 0 Å². The molecule has 2 N–H and O–H groups in total. The molecule has 224 valence electrons. The fraction of sp³-hybridized carbons (Fsp3) is 0.280. The molecule has 5 heterocycles. The van der Waals surface area contributed by atoms with Crippen molar-refractivity contribution in [3.8, 4) is 22.9 Å². The van der Waals surface area contributed by atoms with Crippen molar-refractivity contribution < 1.29 is 32.2 Å². The maximum atomic E-state index is 13.2. The molecule has 5 aromatic heterocycles. The molecule has 0 fully saturated rings. The quantitative estimate of drug-likeness (QED) is 0.239. The average molecular weight is 600 g/mol. The molecule has 1 atom stereocenters. The smallest absolute Gasteiger partial charge is 0.453 e. The van der Waals surface area contributed by atoms with Gasteiger partial charge in [-0.25, -0.2) is 29.7 Å². The molecule has 0 radical (unpaired) electrons. The van der Waals surface area contributed by atoms with E-state index >= 15 is 0 Å². The lowest BCUT2D eigenvalue weighted by molar-refractivity contribution is -0.145. The van der Waals surface area contributed by atoms with Crippen LogP contribution in [-0.2, 0) is 27.1 Å². The molecule has 43 heavy (non-hydrogen) atoms. The number of nitrogens with zero attached hydrogens (tertiary/aromatic N) is 9. The van der Waals surface area contributed by atoms with Crippen molar-refractivity contribution in [2.45, 2.75) is 25.9 Å². The number of H-pyrrole nitrogens is 1. The number of carbonyl (C=O) groups excluding carboxylic acids is 2. The zero-order valence-corrected chi connectivity index (χ0v) is 22.9. The molecule has 1 unspecified atom stereocenters. The summed E-state index contributed by atoms with van der Waals surface area (Å²) in [5.74, 6) is -1.70. The topological polar surface area (TPSA) is 170 Å². The molecular formula is C25H24F3N11O4. The number of fused-ring (bicyclic) bond motifs is 1. The highest BCUT2D eigenvalue weighted by Gasteiger charge is 2.37. The van der Waals surface area contributed by atoms with Gasteiger partial charge in [0.1, 0.15) is 23.8 Å². The molecule has 0 saturated heterocycles. The number of esters is 1. The van der Waals surface area contributed by atoms with E-state index in [4.69, 9.17) is 9.47 Å². The number of amides is 1. The minimum absolute atomic E-state index is 0.0163. The zero-order chi connectivity index (χ0) is 30.7. The van der Waals surface area contributed by atoms with E-state index in [0.717, 1.165) is 4.90 Å². The Bertz CT molecular complexity index is 1760. The van der Waals surface area contributed by atoms with Crippen LogP contribution in [-0.4, -0.2) is 76.8 Å². The van der Waals surface area contributed by atoms with E-state index in [1.807, 2.05) is 0 Å². The van der Waals surface area contributed by atoms with E-state index in [1.54, 1.807) is 38.4 Å². The number of carbonyl (C=O) groups is 2. The Morgan fingerprint density at radius 1 is 1.19 bits per heavy atom. The summed E-state index contributed by atoms with van der Waals surface area (Å²) in [6.45, 7) is 1.47. The van der Waals surface area contributed by atoms with Gasteiger partial charge in [0.2, 0.25) is 5.78 Å². The maximum absolute atomic E-state index is 13.2. The Labute approximate surface area is 240 Å². The molecule has 0 aliphatic heterocycles. The lowest BCUT2D eigenvalue weighted by Crippen LogP contribution is -2.31. The Hall–Kier alpha value is -5.39. The number of ether oxygens (including phenoxy) is 2. The summed E-state index contributed by atoms with van der Waals surface area (Å²) in [7, 11) is 3.06. The molecule has 1 amide bonds. The second-order valence-electron chi connectivity index (χ2n) is 9.01. The summed E-state index contributed by atoms with van der Waals surface area (Å²) in [5.41, 5.74) is 1.09. The van der Waals surface area contributed by atoms with Crippen LogP contribution in [0.2, 0.25) is 0 Å². The van der Waals surface area contributed by atoms with Crippen LogP contribution in [0.4, 0.5) is 23.8 Å². The maximum Gasteiger partial charge on any atom is 0.453 e. The summed E-state index contributed by atoms with van der Waals surface area (Å²) in [5, 5.41) is 8.26. The van der Waals surface area contributed by atoms with Gasteiger partial charge in [0.15, 0.2) is 12.1 Å². The minimum atomic E-state index is -4.77. The average Bonchev–Trinajstić information content (AvgIpc) is 3.73. The first-order valence-electron chi connectivity index (χ1n) is 12.6. The monoisotopic (exact) mass is 599 g/mol. The highest BCUT2D eigenvalue weighted by Crippen LogP contribution is 2.34. The van der Waals surface area contributed by atoms with Crippen LogP contribution in [0.15, 0.2) is 49.3 Å². The van der Waals surface area contributed by atoms with Crippen molar-refractivity contribution in [1.29, 1.82) is 0 Å². The van der Waals surface area contributed by atoms with Crippen molar-refractivity contribution in [1.82, 2.24) is 49.4 Å². The van der Waals surface area contributed by atoms with Crippen LogP contribution in [0.5, 0.6) is 0 Å². The molecule has 5 rings (SSSR count). The van der Waals surface area contributed by atoms with Gasteiger partial charge >= 0.3 is 18.2 Å². The summed E-state index contributed by atoms with van der Waals surface area (Å²) in [6, 6.07) is 4.91. The molecule has 0 aliphatic rings. The number of likely N-dealkylation sites (N-methyl/N-ethyl adjacent to an activating group) is 1. The number of alkyl halides is 3. The number of aromatic amines is 1. The number of aromatic nitrogens is 9. The molecule has 0 spiro atoms. The lowest BCUT2D eigenvalue weighted by atomic mass is 10.2. The zero-order valence-electron chi connectivity index (χ0n) is 22.9. The predicted octanol–water partition coefficient (Wildman–Crippen LogP) is 2.85. The van der Waals surface area contributed by atoms with E-state index in [2.05, 4.69) is 40.4 Å². The number of anilines is 1. The highest BCUT2D eigenvalue weighted by atomic mass is 19.4. The minimum Gasteiger partial charge on any atom is -0.460 e. The fourth-order valence-electron chi connectivity index (χ4n) is 4.14. The van der Waals surface area contributed by atoms with E-state index in [1.165, 1.54) is 40.9 Å². The van der Waals surface area contributed by atoms with Crippen molar-refractivity contribution in [3.05, 3.63) is 60.7 Å². The number of hydrogen-bond donors (Lipinski definition) is 2. The Morgan fingerprint density at radius 2 is 1.98 bits per heavy atom. The number of imidazole rings is 2. The van der Waals surface area contributed by atoms with Crippen molar-refractivity contribution in [2.75, 3.05) is 25.5 Å². The molecule has 0 bridgehead atoms. The van der Waals surface area contributed by atoms with Gasteiger partial charge in [-0.1, -0.05) is 6.07 Å². The predicted molar refractivity (Wildman–Crippen MR) is 142 cm³/mol. The molecule has 5 aromatic rings. The molecule has 18 heteroatoms. The Kier molecular flexibility index (Phi) is 8.02. The molecule has 0 saturated carbocycles. The number of pyridine rings is 1. The van der Waals surface area contributed by atoms with Gasteiger partial charge in [0.25, 0.3) is 5.82 Å². The van der Waals surface area contributed by atoms with Crippen LogP contribution >= 0.6 is 0 Å². The summed E-state index contributed by atoms with van der Waals surface area (Å²) >= 11 is 0. The van der Waals surface area contributed by atoms with E-state index in [0.29, 0.717) is 11.3 Å². The number of halogens is 3. The Balaban J connectivity index is 1.43. The van der Waals surface area contributed by atoms with Gasteiger partial charge in [-0.05, 0) is 26.1 Å². The van der Waals surface area contributed by atoms with Gasteiger partial charge in [-0.2, -0.15) is 13.2 Å². The number of rotatable bonds is 9. The van der Waals surface area contributed by atoms with Crippen LogP contribution in [0.1, 0.15) is 24.5 Å². The van der Waals surface area contributed by atoms with Gasteiger partial charge in [0.05, 0.1) is 24.8 Å².